The quantitative estimate of drug-likeness (QED) is 0.360. The number of hydrogen-bond acceptors (Lipinski definition) is 3. The summed E-state index contributed by atoms with van der Waals surface area (Å²) in [5, 5.41) is 12.2. The highest BCUT2D eigenvalue weighted by Crippen LogP contribution is 2.30. The van der Waals surface area contributed by atoms with Crippen molar-refractivity contribution in [2.24, 2.45) is 5.73 Å². The van der Waals surface area contributed by atoms with Crippen molar-refractivity contribution in [1.82, 2.24) is 10.2 Å². The Morgan fingerprint density at radius 3 is 2.74 bits per heavy atom. The molecule has 0 aliphatic carbocycles. The van der Waals surface area contributed by atoms with E-state index in [1.165, 1.54) is 0 Å². The van der Waals surface area contributed by atoms with Crippen LogP contribution in [0.3, 0.4) is 0 Å². The molecule has 2 aromatic carbocycles. The number of hydrogen-bond donors (Lipinski definition) is 3. The number of carbonyl (C=O) groups excluding carboxylic acids is 1. The Kier molecular flexibility index (Phi) is 7.69. The number of nitrogens with two attached hydrogens (primary N) is 1. The van der Waals surface area contributed by atoms with Crippen LogP contribution in [0.15, 0.2) is 67.3 Å². The van der Waals surface area contributed by atoms with Crippen molar-refractivity contribution < 1.29 is 4.79 Å². The first-order valence-electron chi connectivity index (χ1n) is 9.88. The molecule has 0 aliphatic rings. The predicted molar refractivity (Wildman–Crippen MR) is 131 cm³/mol. The number of fused-ring (bicyclic) bond motifs is 1. The summed E-state index contributed by atoms with van der Waals surface area (Å²) in [6, 6.07) is 10.8. The van der Waals surface area contributed by atoms with Crippen molar-refractivity contribution in [3.05, 3.63) is 88.6 Å². The number of anilines is 1. The summed E-state index contributed by atoms with van der Waals surface area (Å²) in [6.07, 6.45) is 8.04. The minimum atomic E-state index is -0.447. The molecule has 0 saturated carbocycles. The molecule has 0 fully saturated rings. The Morgan fingerprint density at radius 2 is 2.06 bits per heavy atom. The van der Waals surface area contributed by atoms with Gasteiger partial charge in [0.2, 0.25) is 5.91 Å². The molecule has 1 aromatic heterocycles. The number of aromatic nitrogens is 2. The highest BCUT2D eigenvalue weighted by atomic mass is 35.5. The van der Waals surface area contributed by atoms with Crippen LogP contribution in [0.4, 0.5) is 5.69 Å². The monoisotopic (exact) mass is 454 g/mol. The second kappa shape index (κ2) is 10.4. The molecular weight excluding hydrogens is 431 g/mol. The predicted octanol–water partition coefficient (Wildman–Crippen LogP) is 6.09. The lowest BCUT2D eigenvalue weighted by Crippen LogP contribution is -2.23. The number of carbonyl (C=O) groups is 1. The average molecular weight is 455 g/mol. The minimum Gasteiger partial charge on any atom is -0.330 e. The Bertz CT molecular complexity index is 1160. The molecule has 1 atom stereocenters. The molecule has 160 valence electrons. The largest absolute Gasteiger partial charge is 0.330 e. The zero-order valence-electron chi connectivity index (χ0n) is 17.2. The third kappa shape index (κ3) is 5.25. The summed E-state index contributed by atoms with van der Waals surface area (Å²) < 4.78 is 0. The van der Waals surface area contributed by atoms with Crippen LogP contribution in [0.1, 0.15) is 30.5 Å². The van der Waals surface area contributed by atoms with Gasteiger partial charge in [-0.1, -0.05) is 60.2 Å². The molecule has 0 spiro atoms. The van der Waals surface area contributed by atoms with Crippen molar-refractivity contribution in [2.45, 2.75) is 19.3 Å². The molecule has 1 unspecified atom stereocenters. The van der Waals surface area contributed by atoms with Gasteiger partial charge in [-0.25, -0.2) is 0 Å². The van der Waals surface area contributed by atoms with E-state index in [1.54, 1.807) is 24.3 Å². The number of benzene rings is 2. The third-order valence-electron chi connectivity index (χ3n) is 4.91. The second-order valence-electron chi connectivity index (χ2n) is 6.98. The van der Waals surface area contributed by atoms with Crippen LogP contribution in [-0.2, 0) is 4.79 Å². The van der Waals surface area contributed by atoms with Gasteiger partial charge in [0.25, 0.3) is 0 Å². The van der Waals surface area contributed by atoms with Crippen molar-refractivity contribution >= 4 is 51.3 Å². The van der Waals surface area contributed by atoms with Gasteiger partial charge in [-0.15, -0.1) is 0 Å². The van der Waals surface area contributed by atoms with Crippen molar-refractivity contribution in [3.8, 4) is 0 Å². The third-order valence-corrected chi connectivity index (χ3v) is 5.65. The van der Waals surface area contributed by atoms with Crippen LogP contribution in [0.2, 0.25) is 10.0 Å². The van der Waals surface area contributed by atoms with E-state index >= 15 is 0 Å². The molecule has 0 saturated heterocycles. The standard InChI is InChI=1S/C24H24Cl2N4O/c1-3-5-6-15(4-2)23-19-14-17(8-10-22(19)29-30-23)28-24(31)18(11-12-27)16-7-9-20(25)21(26)13-16/h3-10,13-14,18H,2,11-12,27H2,1H3,(H,28,31)(H,29,30)/b5-3-,15-6+. The molecule has 1 amide bonds. The molecular formula is C24H24Cl2N4O. The minimum absolute atomic E-state index is 0.165. The summed E-state index contributed by atoms with van der Waals surface area (Å²) in [6.45, 7) is 6.19. The van der Waals surface area contributed by atoms with Gasteiger partial charge in [-0.3, -0.25) is 9.89 Å². The highest BCUT2D eigenvalue weighted by Gasteiger charge is 2.21. The van der Waals surface area contributed by atoms with Crippen molar-refractivity contribution in [3.63, 3.8) is 0 Å². The maximum Gasteiger partial charge on any atom is 0.231 e. The van der Waals surface area contributed by atoms with Crippen molar-refractivity contribution in [1.29, 1.82) is 0 Å². The molecule has 31 heavy (non-hydrogen) atoms. The molecule has 7 heteroatoms. The van der Waals surface area contributed by atoms with Gasteiger partial charge in [-0.2, -0.15) is 5.10 Å². The van der Waals surface area contributed by atoms with Gasteiger partial charge in [0.15, 0.2) is 0 Å². The molecule has 5 nitrogen and oxygen atoms in total. The van der Waals surface area contributed by atoms with Crippen molar-refractivity contribution in [2.75, 3.05) is 11.9 Å². The van der Waals surface area contributed by atoms with E-state index in [4.69, 9.17) is 28.9 Å². The summed E-state index contributed by atoms with van der Waals surface area (Å²) in [7, 11) is 0. The number of halogens is 2. The van der Waals surface area contributed by atoms with E-state index < -0.39 is 5.92 Å². The van der Waals surface area contributed by atoms with Crippen LogP contribution < -0.4 is 11.1 Å². The Labute approximate surface area is 191 Å². The van der Waals surface area contributed by atoms with E-state index in [0.29, 0.717) is 28.7 Å². The fraction of sp³-hybridized carbons (Fsp3) is 0.167. The van der Waals surface area contributed by atoms with Crippen LogP contribution in [-0.4, -0.2) is 22.6 Å². The lowest BCUT2D eigenvalue weighted by Gasteiger charge is -2.17. The number of rotatable bonds is 8. The average Bonchev–Trinajstić information content (AvgIpc) is 3.18. The number of amides is 1. The topological polar surface area (TPSA) is 83.8 Å². The Balaban J connectivity index is 1.92. The van der Waals surface area contributed by atoms with E-state index in [9.17, 15) is 4.79 Å². The first-order valence-corrected chi connectivity index (χ1v) is 10.6. The fourth-order valence-corrected chi connectivity index (χ4v) is 3.64. The zero-order chi connectivity index (χ0) is 22.4. The summed E-state index contributed by atoms with van der Waals surface area (Å²) in [5.74, 6) is -0.612. The highest BCUT2D eigenvalue weighted by molar-refractivity contribution is 6.42. The zero-order valence-corrected chi connectivity index (χ0v) is 18.7. The molecule has 4 N–H and O–H groups in total. The maximum atomic E-state index is 13.1. The van der Waals surface area contributed by atoms with Gasteiger partial charge in [0, 0.05) is 16.6 Å². The molecule has 0 aliphatic heterocycles. The number of H-pyrrole nitrogens is 1. The maximum absolute atomic E-state index is 13.1. The molecule has 3 aromatic rings. The molecule has 1 heterocycles. The Hall–Kier alpha value is -2.86. The lowest BCUT2D eigenvalue weighted by atomic mass is 9.94. The molecule has 0 bridgehead atoms. The van der Waals surface area contributed by atoms with Crippen LogP contribution in [0, 0.1) is 0 Å². The number of aromatic amines is 1. The number of allylic oxidation sites excluding steroid dienone is 5. The van der Waals surface area contributed by atoms with Crippen LogP contribution in [0.5, 0.6) is 0 Å². The number of nitrogens with one attached hydrogen (secondary N) is 2. The van der Waals surface area contributed by atoms with Gasteiger partial charge in [-0.05, 0) is 55.8 Å². The van der Waals surface area contributed by atoms with E-state index in [0.717, 1.165) is 27.7 Å². The van der Waals surface area contributed by atoms with Crippen LogP contribution >= 0.6 is 23.2 Å². The van der Waals surface area contributed by atoms with Gasteiger partial charge in [0.05, 0.1) is 27.2 Å². The first-order chi connectivity index (χ1) is 15.0. The second-order valence-corrected chi connectivity index (χ2v) is 7.79. The number of nitrogens with zero attached hydrogens (tertiary/aromatic N) is 1. The van der Waals surface area contributed by atoms with Gasteiger partial charge >= 0.3 is 0 Å². The molecule has 3 rings (SSSR count). The summed E-state index contributed by atoms with van der Waals surface area (Å²) >= 11 is 12.2. The lowest BCUT2D eigenvalue weighted by molar-refractivity contribution is -0.117. The fourth-order valence-electron chi connectivity index (χ4n) is 3.33. The van der Waals surface area contributed by atoms with E-state index in [-0.39, 0.29) is 5.91 Å². The van der Waals surface area contributed by atoms with Gasteiger partial charge < -0.3 is 11.1 Å². The summed E-state index contributed by atoms with van der Waals surface area (Å²) in [5.41, 5.74) is 9.71. The normalized spacial score (nSPS) is 13.0. The first kappa shape index (κ1) is 22.8. The van der Waals surface area contributed by atoms with Gasteiger partial charge in [0.1, 0.15) is 0 Å². The summed E-state index contributed by atoms with van der Waals surface area (Å²) in [4.78, 5) is 13.1. The van der Waals surface area contributed by atoms with E-state index in [2.05, 4.69) is 22.1 Å². The Morgan fingerprint density at radius 1 is 1.26 bits per heavy atom. The smallest absolute Gasteiger partial charge is 0.231 e. The van der Waals surface area contributed by atoms with E-state index in [1.807, 2.05) is 43.4 Å². The SMILES string of the molecule is C=C/C(=C\C=C/C)c1n[nH]c2ccc(NC(=O)C(CCN)c3ccc(Cl)c(Cl)c3)cc12. The van der Waals surface area contributed by atoms with Crippen LogP contribution in [0.25, 0.3) is 16.5 Å². The molecule has 0 radical (unpaired) electrons.